The van der Waals surface area contributed by atoms with Gasteiger partial charge in [0.2, 0.25) is 0 Å². The first-order valence-electron chi connectivity index (χ1n) is 8.14. The third-order valence-electron chi connectivity index (χ3n) is 4.13. The Morgan fingerprint density at radius 1 is 1.25 bits per heavy atom. The Morgan fingerprint density at radius 2 is 1.92 bits per heavy atom. The number of benzene rings is 1. The molecule has 0 radical (unpaired) electrons. The first-order valence-corrected chi connectivity index (χ1v) is 8.14. The molecule has 24 heavy (non-hydrogen) atoms. The van der Waals surface area contributed by atoms with Gasteiger partial charge in [0, 0.05) is 0 Å². The lowest BCUT2D eigenvalue weighted by Crippen LogP contribution is -2.30. The molecule has 5 nitrogen and oxygen atoms in total. The Balaban J connectivity index is 2.15. The van der Waals surface area contributed by atoms with E-state index in [0.29, 0.717) is 5.57 Å². The third kappa shape index (κ3) is 3.78. The topological polar surface area (TPSA) is 64.6 Å². The Kier molecular flexibility index (Phi) is 5.02. The van der Waals surface area contributed by atoms with Crippen molar-refractivity contribution in [1.82, 2.24) is 5.32 Å². The number of carbonyl (C=O) groups excluding carboxylic acids is 2. The predicted octanol–water partition coefficient (Wildman–Crippen LogP) is 3.30. The minimum absolute atomic E-state index is 0.0773. The number of hydrogen-bond donors (Lipinski definition) is 1. The summed E-state index contributed by atoms with van der Waals surface area (Å²) < 4.78 is 10.9. The highest BCUT2D eigenvalue weighted by Crippen LogP contribution is 2.32. The Bertz CT molecular complexity index is 688. The summed E-state index contributed by atoms with van der Waals surface area (Å²) in [6.07, 6.45) is 0.0773. The molecule has 1 heterocycles. The van der Waals surface area contributed by atoms with Gasteiger partial charge in [-0.15, -0.1) is 0 Å². The van der Waals surface area contributed by atoms with Crippen LogP contribution in [0.3, 0.4) is 0 Å². The molecule has 2 rings (SSSR count). The van der Waals surface area contributed by atoms with E-state index in [4.69, 9.17) is 9.47 Å². The van der Waals surface area contributed by atoms with Crippen LogP contribution in [0.25, 0.3) is 0 Å². The molecule has 1 aromatic carbocycles. The van der Waals surface area contributed by atoms with Crippen LogP contribution in [0.1, 0.15) is 53.1 Å². The summed E-state index contributed by atoms with van der Waals surface area (Å²) in [5, 5.41) is 2.86. The monoisotopic (exact) mass is 331 g/mol. The molecule has 1 aliphatic rings. The molecule has 1 N–H and O–H groups in total. The molecule has 0 saturated carbocycles. The molecule has 1 atom stereocenters. The predicted molar refractivity (Wildman–Crippen MR) is 91.6 cm³/mol. The van der Waals surface area contributed by atoms with Crippen LogP contribution in [-0.2, 0) is 14.3 Å². The molecular weight excluding hydrogens is 306 g/mol. The summed E-state index contributed by atoms with van der Waals surface area (Å²) in [5.41, 5.74) is 0.916. The van der Waals surface area contributed by atoms with E-state index < -0.39 is 17.5 Å². The van der Waals surface area contributed by atoms with Crippen molar-refractivity contribution in [2.75, 3.05) is 0 Å². The van der Waals surface area contributed by atoms with Crippen molar-refractivity contribution >= 4 is 11.9 Å². The fraction of sp³-hybridized carbons (Fsp3) is 0.474. The van der Waals surface area contributed by atoms with Gasteiger partial charge in [-0.2, -0.15) is 0 Å². The molecule has 5 heteroatoms. The minimum atomic E-state index is -0.738. The molecular formula is C19H25NO4. The highest BCUT2D eigenvalue weighted by Gasteiger charge is 2.41. The number of cyclic esters (lactones) is 1. The number of rotatable bonds is 5. The summed E-state index contributed by atoms with van der Waals surface area (Å²) in [5.74, 6) is -0.231. The third-order valence-corrected chi connectivity index (χ3v) is 4.13. The van der Waals surface area contributed by atoms with Crippen molar-refractivity contribution in [3.63, 3.8) is 0 Å². The Morgan fingerprint density at radius 3 is 2.46 bits per heavy atom. The summed E-state index contributed by atoms with van der Waals surface area (Å²) in [6.45, 7) is 11.1. The summed E-state index contributed by atoms with van der Waals surface area (Å²) in [7, 11) is 0. The second kappa shape index (κ2) is 6.67. The van der Waals surface area contributed by atoms with Crippen molar-refractivity contribution in [2.24, 2.45) is 0 Å². The second-order valence-electron chi connectivity index (χ2n) is 6.83. The highest BCUT2D eigenvalue weighted by atomic mass is 16.6. The van der Waals surface area contributed by atoms with Gasteiger partial charge >= 0.3 is 5.97 Å². The van der Waals surface area contributed by atoms with Crippen molar-refractivity contribution in [3.8, 4) is 5.75 Å². The zero-order valence-electron chi connectivity index (χ0n) is 15.1. The largest absolute Gasteiger partial charge is 0.491 e. The van der Waals surface area contributed by atoms with E-state index in [2.05, 4.69) is 5.32 Å². The molecule has 1 amide bonds. The van der Waals surface area contributed by atoms with Crippen molar-refractivity contribution < 1.29 is 19.1 Å². The summed E-state index contributed by atoms with van der Waals surface area (Å²) in [4.78, 5) is 24.5. The van der Waals surface area contributed by atoms with E-state index in [1.54, 1.807) is 20.8 Å². The molecule has 1 aromatic rings. The van der Waals surface area contributed by atoms with Crippen LogP contribution in [0.5, 0.6) is 5.75 Å². The lowest BCUT2D eigenvalue weighted by Gasteiger charge is -2.18. The van der Waals surface area contributed by atoms with Crippen molar-refractivity contribution in [2.45, 2.75) is 59.3 Å². The lowest BCUT2D eigenvalue weighted by atomic mass is 9.97. The van der Waals surface area contributed by atoms with Gasteiger partial charge < -0.3 is 14.8 Å². The van der Waals surface area contributed by atoms with Crippen LogP contribution in [0.2, 0.25) is 0 Å². The van der Waals surface area contributed by atoms with Crippen LogP contribution in [0.4, 0.5) is 0 Å². The number of esters is 1. The molecule has 130 valence electrons. The number of carbonyl (C=O) groups is 2. The van der Waals surface area contributed by atoms with Crippen LogP contribution in [0, 0.1) is 0 Å². The first kappa shape index (κ1) is 18.0. The van der Waals surface area contributed by atoms with Gasteiger partial charge in [0.05, 0.1) is 12.1 Å². The standard InChI is InChI=1S/C19H25NO4/c1-11(2)23-15-9-7-8-14(10-15)13(4)20-17(21)16-12(3)19(5,6)24-18(16)22/h7-11,13H,1-6H3,(H,20,21)/t13-/m1/s1. The fourth-order valence-corrected chi connectivity index (χ4v) is 2.56. The first-order chi connectivity index (χ1) is 11.1. The SMILES string of the molecule is CC1=C(C(=O)N[C@H](C)c2cccc(OC(C)C)c2)C(=O)OC1(C)C. The van der Waals surface area contributed by atoms with Gasteiger partial charge in [0.1, 0.15) is 16.9 Å². The number of hydrogen-bond acceptors (Lipinski definition) is 4. The maximum absolute atomic E-state index is 12.5. The van der Waals surface area contributed by atoms with Gasteiger partial charge in [0.15, 0.2) is 0 Å². The average molecular weight is 331 g/mol. The van der Waals surface area contributed by atoms with Crippen LogP contribution < -0.4 is 10.1 Å². The molecule has 0 aliphatic carbocycles. The van der Waals surface area contributed by atoms with E-state index in [1.165, 1.54) is 0 Å². The van der Waals surface area contributed by atoms with Gasteiger partial charge in [-0.3, -0.25) is 4.79 Å². The number of nitrogens with one attached hydrogen (secondary N) is 1. The Labute approximate surface area is 143 Å². The van der Waals surface area contributed by atoms with Crippen molar-refractivity contribution in [1.29, 1.82) is 0 Å². The molecule has 0 unspecified atom stereocenters. The van der Waals surface area contributed by atoms with Crippen molar-refractivity contribution in [3.05, 3.63) is 41.0 Å². The maximum Gasteiger partial charge on any atom is 0.344 e. The van der Waals surface area contributed by atoms with Crippen LogP contribution >= 0.6 is 0 Å². The molecule has 1 aliphatic heterocycles. The molecule has 0 spiro atoms. The second-order valence-corrected chi connectivity index (χ2v) is 6.83. The quantitative estimate of drug-likeness (QED) is 0.664. The van der Waals surface area contributed by atoms with E-state index in [1.807, 2.05) is 45.0 Å². The number of ether oxygens (including phenoxy) is 2. The smallest absolute Gasteiger partial charge is 0.344 e. The maximum atomic E-state index is 12.5. The van der Waals surface area contributed by atoms with E-state index in [-0.39, 0.29) is 17.7 Å². The minimum Gasteiger partial charge on any atom is -0.491 e. The van der Waals surface area contributed by atoms with Crippen LogP contribution in [0.15, 0.2) is 35.4 Å². The highest BCUT2D eigenvalue weighted by molar-refractivity contribution is 6.18. The molecule has 0 fully saturated rings. The average Bonchev–Trinajstić information content (AvgIpc) is 2.66. The van der Waals surface area contributed by atoms with Gasteiger partial charge in [-0.05, 0) is 64.8 Å². The van der Waals surface area contributed by atoms with Gasteiger partial charge in [0.25, 0.3) is 5.91 Å². The van der Waals surface area contributed by atoms with E-state index in [9.17, 15) is 9.59 Å². The summed E-state index contributed by atoms with van der Waals surface area (Å²) in [6, 6.07) is 7.30. The van der Waals surface area contributed by atoms with E-state index in [0.717, 1.165) is 11.3 Å². The fourth-order valence-electron chi connectivity index (χ4n) is 2.56. The van der Waals surface area contributed by atoms with E-state index >= 15 is 0 Å². The normalized spacial score (nSPS) is 17.7. The Hall–Kier alpha value is -2.30. The zero-order chi connectivity index (χ0) is 18.1. The molecule has 0 saturated heterocycles. The van der Waals surface area contributed by atoms with Crippen LogP contribution in [-0.4, -0.2) is 23.6 Å². The summed E-state index contributed by atoms with van der Waals surface area (Å²) >= 11 is 0. The lowest BCUT2D eigenvalue weighted by molar-refractivity contribution is -0.145. The molecule has 0 bridgehead atoms. The van der Waals surface area contributed by atoms with Gasteiger partial charge in [-0.25, -0.2) is 4.79 Å². The van der Waals surface area contributed by atoms with Gasteiger partial charge in [-0.1, -0.05) is 12.1 Å². The zero-order valence-corrected chi connectivity index (χ0v) is 15.1. The number of amides is 1. The molecule has 0 aromatic heterocycles.